The summed E-state index contributed by atoms with van der Waals surface area (Å²) in [5.41, 5.74) is -2.77. The first-order chi connectivity index (χ1) is 17.4. The lowest BCUT2D eigenvalue weighted by Gasteiger charge is -2.45. The molecule has 2 aromatic heterocycles. The van der Waals surface area contributed by atoms with E-state index in [1.165, 1.54) is 6.92 Å². The highest BCUT2D eigenvalue weighted by atomic mass is 79.9. The Kier molecular flexibility index (Phi) is 2.71. The number of ether oxygens (including phenoxy) is 2. The Morgan fingerprint density at radius 1 is 1.32 bits per heavy atom. The molecular weight excluding hydrogens is 462 g/mol. The normalized spacial score (nSPS) is 40.6. The zero-order chi connectivity index (χ0) is 28.3. The number of carbonyl (C=O) groups is 1. The predicted octanol–water partition coefficient (Wildman–Crippen LogP) is -0.342. The van der Waals surface area contributed by atoms with Gasteiger partial charge in [0.25, 0.3) is 0 Å². The minimum Gasteiger partial charge on any atom is -1.00 e. The van der Waals surface area contributed by atoms with Gasteiger partial charge in [-0.15, -0.1) is 22.7 Å². The molecule has 5 heterocycles. The molecule has 5 unspecified atom stereocenters. The highest BCUT2D eigenvalue weighted by molar-refractivity contribution is 7.13. The van der Waals surface area contributed by atoms with Crippen LogP contribution in [0.4, 0.5) is 0 Å². The molecule has 0 saturated carbocycles. The molecule has 0 aromatic carbocycles. The number of epoxide rings is 1. The van der Waals surface area contributed by atoms with E-state index < -0.39 is 83.4 Å². The maximum absolute atomic E-state index is 13.7. The van der Waals surface area contributed by atoms with Gasteiger partial charge in [0, 0.05) is 17.7 Å². The number of thiophene rings is 2. The van der Waals surface area contributed by atoms with Gasteiger partial charge in [-0.05, 0) is 30.4 Å². The van der Waals surface area contributed by atoms with Gasteiger partial charge < -0.3 is 36.0 Å². The summed E-state index contributed by atoms with van der Waals surface area (Å²) in [6, 6.07) is -3.84. The number of hydrogen-bond donors (Lipinski definition) is 1. The van der Waals surface area contributed by atoms with Gasteiger partial charge >= 0.3 is 5.97 Å². The number of morpholine rings is 1. The maximum Gasteiger partial charge on any atom is 0.349 e. The number of hydrogen-bond acceptors (Lipinski definition) is 6. The SMILES string of the molecule is [2H]c1sc(C(O)(C(=O)OC2CC3C4OC4C(C2)[N+]3(C([2H])([2H])[2H])C([2H])([2H])[2H])c2sc(C)c([2H])c2[2H])c([2H])c1[2H].[Br-]. The lowest BCUT2D eigenvalue weighted by molar-refractivity contribution is -0.938. The van der Waals surface area contributed by atoms with E-state index in [4.69, 9.17) is 24.6 Å². The largest absolute Gasteiger partial charge is 1.00 e. The van der Waals surface area contributed by atoms with Crippen LogP contribution in [0.1, 0.15) is 42.6 Å². The minimum absolute atomic E-state index is 0. The minimum atomic E-state index is -2.89. The second-order valence-corrected chi connectivity index (χ2v) is 9.25. The highest BCUT2D eigenvalue weighted by Crippen LogP contribution is 2.52. The second kappa shape index (κ2) is 6.89. The van der Waals surface area contributed by atoms with E-state index in [9.17, 15) is 9.90 Å². The summed E-state index contributed by atoms with van der Waals surface area (Å²) in [5, 5.41) is 11.4. The summed E-state index contributed by atoms with van der Waals surface area (Å²) < 4.78 is 99.3. The molecule has 8 heteroatoms. The number of aliphatic hydroxyl groups is 1. The van der Waals surface area contributed by atoms with E-state index in [0.717, 1.165) is 11.3 Å². The molecule has 1 N–H and O–H groups in total. The van der Waals surface area contributed by atoms with Crippen LogP contribution in [-0.4, -0.2) is 59.9 Å². The van der Waals surface area contributed by atoms with Gasteiger partial charge in [-0.3, -0.25) is 0 Å². The molecule has 28 heavy (non-hydrogen) atoms. The van der Waals surface area contributed by atoms with Crippen LogP contribution in [-0.2, 0) is 19.9 Å². The summed E-state index contributed by atoms with van der Waals surface area (Å²) in [5.74, 6) is -1.30. The number of carbonyl (C=O) groups excluding carboxylic acids is 1. The zero-order valence-corrected chi connectivity index (χ0v) is 17.8. The third-order valence-corrected chi connectivity index (χ3v) is 7.40. The average Bonchev–Trinajstić information content (AvgIpc) is 3.46. The Morgan fingerprint density at radius 2 is 2.04 bits per heavy atom. The fourth-order valence-corrected chi connectivity index (χ4v) is 5.73. The first-order valence-corrected chi connectivity index (χ1v) is 10.1. The number of piperidine rings is 1. The Hall–Kier alpha value is -0.770. The van der Waals surface area contributed by atoms with Gasteiger partial charge in [-0.2, -0.15) is 0 Å². The van der Waals surface area contributed by atoms with Gasteiger partial charge in [0.2, 0.25) is 5.60 Å². The van der Waals surface area contributed by atoms with E-state index in [1.807, 2.05) is 0 Å². The van der Waals surface area contributed by atoms with Crippen molar-refractivity contribution in [2.75, 3.05) is 14.0 Å². The Morgan fingerprint density at radius 3 is 2.57 bits per heavy atom. The molecule has 3 aliphatic heterocycles. The summed E-state index contributed by atoms with van der Waals surface area (Å²) in [7, 11) is 0. The van der Waals surface area contributed by atoms with Crippen molar-refractivity contribution in [1.29, 1.82) is 0 Å². The Balaban J connectivity index is 0.00000353. The monoisotopic (exact) mass is 496 g/mol. The highest BCUT2D eigenvalue weighted by Gasteiger charge is 2.71. The quantitative estimate of drug-likeness (QED) is 0.357. The van der Waals surface area contributed by atoms with Crippen molar-refractivity contribution in [1.82, 2.24) is 0 Å². The molecule has 2 bridgehead atoms. The fourth-order valence-electron chi connectivity index (χ4n) is 4.18. The van der Waals surface area contributed by atoms with Gasteiger partial charge in [0.15, 0.2) is 0 Å². The van der Waals surface area contributed by atoms with Crippen LogP contribution in [0.25, 0.3) is 0 Å². The number of nitrogens with zero attached hydrogens (tertiary/aromatic N) is 1. The number of aryl methyl sites for hydroxylation is 1. The molecular formula is C20H24BrNO4S2. The predicted molar refractivity (Wildman–Crippen MR) is 104 cm³/mol. The molecule has 3 saturated heterocycles. The lowest BCUT2D eigenvalue weighted by atomic mass is 9.95. The molecule has 0 radical (unpaired) electrons. The number of fused-ring (bicyclic) bond motifs is 5. The van der Waals surface area contributed by atoms with Crippen molar-refractivity contribution in [3.05, 3.63) is 44.2 Å². The van der Waals surface area contributed by atoms with Crippen LogP contribution in [0.2, 0.25) is 0 Å². The van der Waals surface area contributed by atoms with Crippen molar-refractivity contribution in [3.8, 4) is 0 Å². The molecule has 0 spiro atoms. The van der Waals surface area contributed by atoms with Crippen molar-refractivity contribution < 1.29 is 55.9 Å². The smallest absolute Gasteiger partial charge is 0.349 e. The van der Waals surface area contributed by atoms with Gasteiger partial charge in [-0.25, -0.2) is 4.79 Å². The molecule has 5 rings (SSSR count). The number of halogens is 1. The molecule has 0 aliphatic carbocycles. The number of rotatable bonds is 4. The van der Waals surface area contributed by atoms with Crippen LogP contribution in [0.3, 0.4) is 0 Å². The van der Waals surface area contributed by atoms with Crippen LogP contribution in [0.15, 0.2) is 29.5 Å². The number of esters is 1. The summed E-state index contributed by atoms with van der Waals surface area (Å²) in [6.45, 7) is -4.26. The van der Waals surface area contributed by atoms with Crippen molar-refractivity contribution in [2.45, 2.75) is 55.8 Å². The molecule has 0 amide bonds. The third kappa shape index (κ3) is 2.92. The standard InChI is InChI=1S/C20H24NO4S2.BrH/c1-11-6-7-16(27-11)20(23,15-5-4-8-26-15)19(22)24-12-9-13-17-18(25-17)14(10-12)21(13,2)3;/h4-8,12-14,17-18,23H,9-10H2,1-3H3;1H/q+1;/p-1/i2D3,3D3,4D,5D,6D,7D,8D;. The van der Waals surface area contributed by atoms with Crippen LogP contribution >= 0.6 is 22.7 Å². The lowest BCUT2D eigenvalue weighted by Crippen LogP contribution is -3.00. The second-order valence-electron chi connectivity index (χ2n) is 7.21. The van der Waals surface area contributed by atoms with Crippen LogP contribution in [0.5, 0.6) is 0 Å². The van der Waals surface area contributed by atoms with Crippen LogP contribution < -0.4 is 17.0 Å². The number of likely N-dealkylation sites (N-methyl/N-ethyl adjacent to an activating group) is 1. The summed E-state index contributed by atoms with van der Waals surface area (Å²) >= 11 is 1.30. The first-order valence-electron chi connectivity index (χ1n) is 14.0. The third-order valence-electron chi connectivity index (χ3n) is 5.59. The van der Waals surface area contributed by atoms with Gasteiger partial charge in [0.1, 0.15) is 30.4 Å². The zero-order valence-electron chi connectivity index (χ0n) is 25.6. The van der Waals surface area contributed by atoms with Gasteiger partial charge in [0.05, 0.1) is 38.8 Å². The van der Waals surface area contributed by atoms with E-state index in [1.54, 1.807) is 0 Å². The Bertz CT molecular complexity index is 1240. The molecule has 2 aromatic rings. The molecule has 3 fully saturated rings. The van der Waals surface area contributed by atoms with E-state index in [-0.39, 0.29) is 46.1 Å². The van der Waals surface area contributed by atoms with Crippen molar-refractivity contribution in [2.24, 2.45) is 0 Å². The topological polar surface area (TPSA) is 59.1 Å². The van der Waals surface area contributed by atoms with E-state index >= 15 is 0 Å². The van der Waals surface area contributed by atoms with Gasteiger partial charge in [-0.1, -0.05) is 6.04 Å². The number of quaternary nitrogens is 1. The van der Waals surface area contributed by atoms with E-state index in [2.05, 4.69) is 0 Å². The van der Waals surface area contributed by atoms with Crippen molar-refractivity contribution >= 4 is 28.6 Å². The van der Waals surface area contributed by atoms with Crippen molar-refractivity contribution in [3.63, 3.8) is 0 Å². The van der Waals surface area contributed by atoms with E-state index in [0.29, 0.717) is 16.2 Å². The fraction of sp³-hybridized carbons (Fsp3) is 0.550. The molecule has 152 valence electrons. The first kappa shape index (κ1) is 11.0. The molecule has 5 nitrogen and oxygen atoms in total. The molecule has 3 aliphatic rings. The molecule has 5 atom stereocenters. The maximum atomic E-state index is 13.7. The van der Waals surface area contributed by atoms with Crippen LogP contribution in [0, 0.1) is 6.92 Å². The average molecular weight is 498 g/mol. The summed E-state index contributed by atoms with van der Waals surface area (Å²) in [4.78, 5) is 13.3. The Labute approximate surface area is 198 Å². The summed E-state index contributed by atoms with van der Waals surface area (Å²) in [6.07, 6.45) is -2.57.